The lowest BCUT2D eigenvalue weighted by Crippen LogP contribution is -2.01. The number of aromatic carboxylic acids is 1. The highest BCUT2D eigenvalue weighted by Gasteiger charge is 2.15. The van der Waals surface area contributed by atoms with Crippen LogP contribution in [0.2, 0.25) is 0 Å². The SMILES string of the molecule is COc1cncc(O)c1C(=O)O. The standard InChI is InChI=1S/C7H7NO4/c1-12-5-3-8-2-4(9)6(5)7(10)11/h2-3,9H,1H3,(H,10,11). The van der Waals surface area contributed by atoms with Crippen LogP contribution in [0.5, 0.6) is 11.5 Å². The summed E-state index contributed by atoms with van der Waals surface area (Å²) in [7, 11) is 1.31. The van der Waals surface area contributed by atoms with E-state index in [1.807, 2.05) is 0 Å². The summed E-state index contributed by atoms with van der Waals surface area (Å²) in [5.74, 6) is -1.60. The minimum absolute atomic E-state index is 0.0440. The second-order valence-electron chi connectivity index (χ2n) is 2.04. The molecule has 0 aliphatic carbocycles. The van der Waals surface area contributed by atoms with Crippen LogP contribution in [0.25, 0.3) is 0 Å². The molecule has 0 saturated heterocycles. The quantitative estimate of drug-likeness (QED) is 0.673. The number of hydrogen-bond donors (Lipinski definition) is 2. The molecule has 0 aliphatic rings. The van der Waals surface area contributed by atoms with Crippen LogP contribution in [0.3, 0.4) is 0 Å². The Morgan fingerprint density at radius 3 is 2.67 bits per heavy atom. The van der Waals surface area contributed by atoms with E-state index < -0.39 is 11.7 Å². The summed E-state index contributed by atoms with van der Waals surface area (Å²) in [6.07, 6.45) is 2.27. The fourth-order valence-electron chi connectivity index (χ4n) is 0.801. The Morgan fingerprint density at radius 2 is 2.25 bits per heavy atom. The van der Waals surface area contributed by atoms with Crippen molar-refractivity contribution >= 4 is 5.97 Å². The predicted octanol–water partition coefficient (Wildman–Crippen LogP) is 0.494. The summed E-state index contributed by atoms with van der Waals surface area (Å²) in [5, 5.41) is 17.7. The second-order valence-corrected chi connectivity index (χ2v) is 2.04. The molecule has 0 bridgehead atoms. The van der Waals surface area contributed by atoms with Gasteiger partial charge in [-0.05, 0) is 0 Å². The topological polar surface area (TPSA) is 79.7 Å². The van der Waals surface area contributed by atoms with Crippen molar-refractivity contribution in [1.29, 1.82) is 0 Å². The smallest absolute Gasteiger partial charge is 0.343 e. The van der Waals surface area contributed by atoms with Crippen molar-refractivity contribution in [3.63, 3.8) is 0 Å². The normalized spacial score (nSPS) is 9.42. The van der Waals surface area contributed by atoms with Gasteiger partial charge < -0.3 is 14.9 Å². The zero-order valence-electron chi connectivity index (χ0n) is 6.31. The minimum atomic E-state index is -1.24. The highest BCUT2D eigenvalue weighted by Crippen LogP contribution is 2.24. The van der Waals surface area contributed by atoms with E-state index in [0.717, 1.165) is 6.20 Å². The average Bonchev–Trinajstić information content (AvgIpc) is 2.03. The van der Waals surface area contributed by atoms with Gasteiger partial charge in [-0.3, -0.25) is 4.98 Å². The molecule has 5 nitrogen and oxygen atoms in total. The number of nitrogens with zero attached hydrogens (tertiary/aromatic N) is 1. The van der Waals surface area contributed by atoms with Crippen LogP contribution in [-0.4, -0.2) is 28.3 Å². The number of aromatic nitrogens is 1. The summed E-state index contributed by atoms with van der Waals surface area (Å²) in [4.78, 5) is 14.1. The zero-order valence-corrected chi connectivity index (χ0v) is 6.31. The molecule has 1 heterocycles. The summed E-state index contributed by atoms with van der Waals surface area (Å²) in [6, 6.07) is 0. The maximum atomic E-state index is 10.5. The van der Waals surface area contributed by atoms with E-state index >= 15 is 0 Å². The van der Waals surface area contributed by atoms with Crippen molar-refractivity contribution in [3.8, 4) is 11.5 Å². The van der Waals surface area contributed by atoms with E-state index in [-0.39, 0.29) is 11.3 Å². The zero-order chi connectivity index (χ0) is 9.14. The number of carboxylic acids is 1. The highest BCUT2D eigenvalue weighted by atomic mass is 16.5. The Balaban J connectivity index is 3.29. The number of carboxylic acid groups (broad SMARTS) is 1. The first-order chi connectivity index (χ1) is 5.66. The highest BCUT2D eigenvalue weighted by molar-refractivity contribution is 5.93. The number of rotatable bonds is 2. The first kappa shape index (κ1) is 8.32. The Hall–Kier alpha value is -1.78. The van der Waals surface area contributed by atoms with Gasteiger partial charge in [0.25, 0.3) is 0 Å². The predicted molar refractivity (Wildman–Crippen MR) is 39.4 cm³/mol. The van der Waals surface area contributed by atoms with Crippen molar-refractivity contribution in [2.45, 2.75) is 0 Å². The molecule has 12 heavy (non-hydrogen) atoms. The molecule has 1 aromatic rings. The monoisotopic (exact) mass is 169 g/mol. The van der Waals surface area contributed by atoms with Crippen LogP contribution in [0.1, 0.15) is 10.4 Å². The van der Waals surface area contributed by atoms with Crippen LogP contribution >= 0.6 is 0 Å². The van der Waals surface area contributed by atoms with E-state index in [1.165, 1.54) is 13.3 Å². The van der Waals surface area contributed by atoms with Gasteiger partial charge >= 0.3 is 5.97 Å². The lowest BCUT2D eigenvalue weighted by atomic mass is 10.2. The Labute approximate surface area is 68.2 Å². The van der Waals surface area contributed by atoms with Gasteiger partial charge in [-0.15, -0.1) is 0 Å². The Kier molecular flexibility index (Phi) is 2.14. The van der Waals surface area contributed by atoms with Gasteiger partial charge in [0.1, 0.15) is 5.56 Å². The molecule has 0 amide bonds. The maximum absolute atomic E-state index is 10.5. The van der Waals surface area contributed by atoms with Crippen molar-refractivity contribution < 1.29 is 19.7 Å². The molecular weight excluding hydrogens is 162 g/mol. The first-order valence-corrected chi connectivity index (χ1v) is 3.11. The third-order valence-electron chi connectivity index (χ3n) is 1.32. The minimum Gasteiger partial charge on any atom is -0.505 e. The molecule has 0 radical (unpaired) electrons. The van der Waals surface area contributed by atoms with Gasteiger partial charge in [0.2, 0.25) is 0 Å². The molecule has 0 unspecified atom stereocenters. The molecule has 0 fully saturated rings. The van der Waals surface area contributed by atoms with Crippen molar-refractivity contribution in [2.75, 3.05) is 7.11 Å². The van der Waals surface area contributed by atoms with Crippen LogP contribution in [0.15, 0.2) is 12.4 Å². The van der Waals surface area contributed by atoms with Crippen LogP contribution in [0.4, 0.5) is 0 Å². The third kappa shape index (κ3) is 1.29. The summed E-state index contributed by atoms with van der Waals surface area (Å²) < 4.78 is 4.68. The maximum Gasteiger partial charge on any atom is 0.343 e. The molecular formula is C7H7NO4. The molecule has 0 aliphatic heterocycles. The fraction of sp³-hybridized carbons (Fsp3) is 0.143. The van der Waals surface area contributed by atoms with Gasteiger partial charge in [-0.2, -0.15) is 0 Å². The third-order valence-corrected chi connectivity index (χ3v) is 1.32. The van der Waals surface area contributed by atoms with Gasteiger partial charge in [-0.25, -0.2) is 4.79 Å². The first-order valence-electron chi connectivity index (χ1n) is 3.11. The lowest BCUT2D eigenvalue weighted by molar-refractivity contribution is 0.0689. The van der Waals surface area contributed by atoms with Gasteiger partial charge in [0.05, 0.1) is 19.5 Å². The Bertz CT molecular complexity index is 310. The van der Waals surface area contributed by atoms with Crippen LogP contribution in [0, 0.1) is 0 Å². The van der Waals surface area contributed by atoms with E-state index in [9.17, 15) is 4.79 Å². The van der Waals surface area contributed by atoms with E-state index in [1.54, 1.807) is 0 Å². The number of carbonyl (C=O) groups is 1. The van der Waals surface area contributed by atoms with Crippen molar-refractivity contribution in [2.24, 2.45) is 0 Å². The van der Waals surface area contributed by atoms with Crippen LogP contribution in [-0.2, 0) is 0 Å². The fourth-order valence-corrected chi connectivity index (χ4v) is 0.801. The van der Waals surface area contributed by atoms with Gasteiger partial charge in [0, 0.05) is 0 Å². The van der Waals surface area contributed by atoms with E-state index in [0.29, 0.717) is 0 Å². The summed E-state index contributed by atoms with van der Waals surface area (Å²) >= 11 is 0. The van der Waals surface area contributed by atoms with Crippen molar-refractivity contribution in [3.05, 3.63) is 18.0 Å². The summed E-state index contributed by atoms with van der Waals surface area (Å²) in [5.41, 5.74) is -0.271. The molecule has 0 aromatic carbocycles. The molecule has 0 spiro atoms. The molecule has 64 valence electrons. The molecule has 2 N–H and O–H groups in total. The molecule has 5 heteroatoms. The van der Waals surface area contributed by atoms with Crippen LogP contribution < -0.4 is 4.74 Å². The number of ether oxygens (including phenoxy) is 1. The largest absolute Gasteiger partial charge is 0.505 e. The van der Waals surface area contributed by atoms with Gasteiger partial charge in [-0.1, -0.05) is 0 Å². The number of hydrogen-bond acceptors (Lipinski definition) is 4. The Morgan fingerprint density at radius 1 is 1.58 bits per heavy atom. The summed E-state index contributed by atoms with van der Waals surface area (Å²) in [6.45, 7) is 0. The van der Waals surface area contributed by atoms with E-state index in [2.05, 4.69) is 9.72 Å². The molecule has 0 atom stereocenters. The van der Waals surface area contributed by atoms with Gasteiger partial charge in [0.15, 0.2) is 11.5 Å². The number of pyridine rings is 1. The number of aromatic hydroxyl groups is 1. The number of methoxy groups -OCH3 is 1. The second kappa shape index (κ2) is 3.08. The van der Waals surface area contributed by atoms with Crippen molar-refractivity contribution in [1.82, 2.24) is 4.98 Å². The van der Waals surface area contributed by atoms with E-state index in [4.69, 9.17) is 10.2 Å². The molecule has 1 aromatic heterocycles. The lowest BCUT2D eigenvalue weighted by Gasteiger charge is -2.04. The average molecular weight is 169 g/mol. The molecule has 0 saturated carbocycles. The molecule has 1 rings (SSSR count).